The molecule has 11 nitrogen and oxygen atoms in total. The van der Waals surface area contributed by atoms with Gasteiger partial charge >= 0.3 is 11.9 Å². The van der Waals surface area contributed by atoms with E-state index < -0.39 is 58.9 Å². The maximum Gasteiger partial charge on any atom is 0.343 e. The lowest BCUT2D eigenvalue weighted by Gasteiger charge is -2.29. The summed E-state index contributed by atoms with van der Waals surface area (Å²) in [5.41, 5.74) is 0.119. The first-order valence-corrected chi connectivity index (χ1v) is 13.7. The highest BCUT2D eigenvalue weighted by molar-refractivity contribution is 9.12. The number of alkyl halides is 2. The number of rotatable bonds is 8. The Hall–Kier alpha value is -3.45. The van der Waals surface area contributed by atoms with Crippen molar-refractivity contribution in [1.82, 2.24) is 4.90 Å². The molecule has 13 heteroatoms. The summed E-state index contributed by atoms with van der Waals surface area (Å²) in [6.07, 6.45) is 0.947. The molecule has 1 aliphatic heterocycles. The average Bonchev–Trinajstić information content (AvgIpc) is 3.15. The number of benzene rings is 2. The van der Waals surface area contributed by atoms with Crippen molar-refractivity contribution in [2.45, 2.75) is 35.5 Å². The number of nitro benzene ring substituents is 1. The lowest BCUT2D eigenvalue weighted by Crippen LogP contribution is -2.44. The van der Waals surface area contributed by atoms with Gasteiger partial charge in [0.1, 0.15) is 11.8 Å². The molecule has 2 fully saturated rings. The molecule has 0 radical (unpaired) electrons. The van der Waals surface area contributed by atoms with Crippen LogP contribution < -0.4 is 4.74 Å². The average molecular weight is 666 g/mol. The number of ether oxygens (including phenoxy) is 2. The van der Waals surface area contributed by atoms with Crippen molar-refractivity contribution in [2.24, 2.45) is 11.8 Å². The summed E-state index contributed by atoms with van der Waals surface area (Å²) in [6.45, 7) is 0.784. The minimum atomic E-state index is -1.17. The number of nitro groups is 1. The van der Waals surface area contributed by atoms with Crippen LogP contribution >= 0.6 is 31.9 Å². The summed E-state index contributed by atoms with van der Waals surface area (Å²) in [4.78, 5) is 74.3. The highest BCUT2D eigenvalue weighted by atomic mass is 79.9. The van der Waals surface area contributed by atoms with Crippen molar-refractivity contribution in [2.75, 3.05) is 6.61 Å². The number of ketones is 1. The number of non-ortho nitro benzene ring substituents is 1. The Morgan fingerprint density at radius 1 is 0.949 bits per heavy atom. The van der Waals surface area contributed by atoms with E-state index in [-0.39, 0.29) is 32.2 Å². The van der Waals surface area contributed by atoms with Gasteiger partial charge in [-0.1, -0.05) is 31.9 Å². The van der Waals surface area contributed by atoms with Gasteiger partial charge in [0.05, 0.1) is 22.3 Å². The van der Waals surface area contributed by atoms with Crippen LogP contribution in [0.2, 0.25) is 0 Å². The number of amides is 2. The zero-order valence-corrected chi connectivity index (χ0v) is 23.6. The van der Waals surface area contributed by atoms with Crippen LogP contribution in [0.4, 0.5) is 5.69 Å². The first-order chi connectivity index (χ1) is 18.5. The van der Waals surface area contributed by atoms with E-state index in [9.17, 15) is 34.1 Å². The number of fused-ring (bicyclic) bond motifs is 1. The summed E-state index contributed by atoms with van der Waals surface area (Å²) < 4.78 is 10.3. The number of esters is 2. The SMILES string of the molecule is CC(C(=O)OCC(=O)c1ccc(OC(=O)c2ccc([N+](=O)[O-])cc2)cc1)N1C(=O)C2CC(Br)C(Br)CC2C1=O. The fourth-order valence-electron chi connectivity index (χ4n) is 4.54. The van der Waals surface area contributed by atoms with Gasteiger partial charge in [-0.15, -0.1) is 0 Å². The van der Waals surface area contributed by atoms with Crippen molar-refractivity contribution >= 4 is 67.1 Å². The molecule has 2 amide bonds. The molecule has 0 bridgehead atoms. The van der Waals surface area contributed by atoms with E-state index in [1.807, 2.05) is 0 Å². The monoisotopic (exact) mass is 664 g/mol. The van der Waals surface area contributed by atoms with Crippen LogP contribution in [0.25, 0.3) is 0 Å². The van der Waals surface area contributed by atoms with Crippen LogP contribution in [0.15, 0.2) is 48.5 Å². The smallest absolute Gasteiger partial charge is 0.343 e. The second-order valence-electron chi connectivity index (χ2n) is 9.19. The largest absolute Gasteiger partial charge is 0.456 e. The van der Waals surface area contributed by atoms with Crippen LogP contribution in [-0.4, -0.2) is 61.7 Å². The summed E-state index contributed by atoms with van der Waals surface area (Å²) in [5.74, 6) is -3.85. The molecule has 1 saturated heterocycles. The van der Waals surface area contributed by atoms with Crippen molar-refractivity contribution in [3.63, 3.8) is 0 Å². The van der Waals surface area contributed by atoms with Gasteiger partial charge in [-0.3, -0.25) is 29.4 Å². The van der Waals surface area contributed by atoms with Gasteiger partial charge in [0.15, 0.2) is 12.4 Å². The zero-order chi connectivity index (χ0) is 28.4. The van der Waals surface area contributed by atoms with Crippen LogP contribution in [0.3, 0.4) is 0 Å². The van der Waals surface area contributed by atoms with E-state index in [4.69, 9.17) is 9.47 Å². The molecule has 1 heterocycles. The maximum absolute atomic E-state index is 12.9. The molecule has 204 valence electrons. The molecule has 39 heavy (non-hydrogen) atoms. The summed E-state index contributed by atoms with van der Waals surface area (Å²) >= 11 is 7.03. The van der Waals surface area contributed by atoms with Gasteiger partial charge in [0.2, 0.25) is 11.8 Å². The molecule has 0 spiro atoms. The van der Waals surface area contributed by atoms with Crippen molar-refractivity contribution in [3.8, 4) is 5.75 Å². The Balaban J connectivity index is 1.30. The second kappa shape index (κ2) is 11.7. The molecule has 0 N–H and O–H groups in total. The van der Waals surface area contributed by atoms with Crippen LogP contribution in [0.5, 0.6) is 5.75 Å². The van der Waals surface area contributed by atoms with Gasteiger partial charge in [-0.25, -0.2) is 9.59 Å². The molecule has 2 aliphatic rings. The van der Waals surface area contributed by atoms with Gasteiger partial charge in [-0.05, 0) is 56.2 Å². The number of nitrogens with zero attached hydrogens (tertiary/aromatic N) is 2. The highest BCUT2D eigenvalue weighted by Crippen LogP contribution is 2.43. The fraction of sp³-hybridized carbons (Fsp3) is 0.346. The summed E-state index contributed by atoms with van der Waals surface area (Å²) in [6, 6.07) is 9.22. The number of carbonyl (C=O) groups is 5. The number of likely N-dealkylation sites (tertiary alicyclic amines) is 1. The lowest BCUT2D eigenvalue weighted by atomic mass is 9.81. The van der Waals surface area contributed by atoms with Crippen molar-refractivity contribution < 1.29 is 38.4 Å². The standard InChI is InChI=1S/C26H22Br2N2O9/c1-13(29-23(32)18-10-20(27)21(28)11-19(18)24(29)33)25(34)38-12-22(31)14-4-8-17(9-5-14)39-26(35)15-2-6-16(7-3-15)30(36)37/h2-9,13,18-21H,10-12H2,1H3. The minimum Gasteiger partial charge on any atom is -0.456 e. The number of Topliss-reactive ketones (excluding diaryl/α,β-unsaturated/α-hetero) is 1. The first-order valence-electron chi connectivity index (χ1n) is 11.9. The maximum atomic E-state index is 12.9. The molecule has 2 aromatic rings. The van der Waals surface area contributed by atoms with Crippen LogP contribution in [-0.2, 0) is 19.1 Å². The third kappa shape index (κ3) is 6.09. The molecule has 2 aromatic carbocycles. The predicted molar refractivity (Wildman–Crippen MR) is 143 cm³/mol. The van der Waals surface area contributed by atoms with E-state index in [0.29, 0.717) is 12.8 Å². The Kier molecular flexibility index (Phi) is 8.60. The normalized spacial score (nSPS) is 23.1. The van der Waals surface area contributed by atoms with Crippen LogP contribution in [0.1, 0.15) is 40.5 Å². The highest BCUT2D eigenvalue weighted by Gasteiger charge is 2.54. The number of hydrogen-bond donors (Lipinski definition) is 0. The molecule has 1 aliphatic carbocycles. The van der Waals surface area contributed by atoms with Gasteiger partial charge < -0.3 is 9.47 Å². The summed E-state index contributed by atoms with van der Waals surface area (Å²) in [7, 11) is 0. The fourth-order valence-corrected chi connectivity index (χ4v) is 5.78. The molecule has 0 aromatic heterocycles. The molecular weight excluding hydrogens is 644 g/mol. The Labute approximate surface area is 239 Å². The van der Waals surface area contributed by atoms with Crippen molar-refractivity contribution in [3.05, 3.63) is 69.8 Å². The Morgan fingerprint density at radius 2 is 1.46 bits per heavy atom. The number of imide groups is 1. The zero-order valence-electron chi connectivity index (χ0n) is 20.5. The number of carbonyl (C=O) groups excluding carboxylic acids is 5. The summed E-state index contributed by atoms with van der Waals surface area (Å²) in [5, 5.41) is 10.7. The van der Waals surface area contributed by atoms with Gasteiger partial charge in [0, 0.05) is 27.4 Å². The lowest BCUT2D eigenvalue weighted by molar-refractivity contribution is -0.384. The van der Waals surface area contributed by atoms with Gasteiger partial charge in [-0.2, -0.15) is 0 Å². The quantitative estimate of drug-likeness (QED) is 0.0779. The second-order valence-corrected chi connectivity index (χ2v) is 11.5. The third-order valence-electron chi connectivity index (χ3n) is 6.72. The molecule has 5 unspecified atom stereocenters. The van der Waals surface area contributed by atoms with E-state index in [2.05, 4.69) is 31.9 Å². The van der Waals surface area contributed by atoms with E-state index in [1.165, 1.54) is 55.5 Å². The van der Waals surface area contributed by atoms with E-state index >= 15 is 0 Å². The van der Waals surface area contributed by atoms with E-state index in [0.717, 1.165) is 4.90 Å². The van der Waals surface area contributed by atoms with Crippen molar-refractivity contribution in [1.29, 1.82) is 0 Å². The number of hydrogen-bond acceptors (Lipinski definition) is 9. The minimum absolute atomic E-state index is 0.0348. The Morgan fingerprint density at radius 3 is 1.97 bits per heavy atom. The van der Waals surface area contributed by atoms with Gasteiger partial charge in [0.25, 0.3) is 5.69 Å². The molecule has 1 saturated carbocycles. The van der Waals surface area contributed by atoms with Crippen LogP contribution in [0, 0.1) is 22.0 Å². The number of halogens is 2. The molecular formula is C26H22Br2N2O9. The van der Waals surface area contributed by atoms with E-state index in [1.54, 1.807) is 0 Å². The first kappa shape index (κ1) is 28.6. The third-order valence-corrected chi connectivity index (χ3v) is 9.45. The topological polar surface area (TPSA) is 150 Å². The Bertz CT molecular complexity index is 1300. The molecule has 4 rings (SSSR count). The predicted octanol–water partition coefficient (Wildman–Crippen LogP) is 3.85. The molecule has 5 atom stereocenters.